The molecule has 0 N–H and O–H groups in total. The minimum absolute atomic E-state index is 0.596. The number of nitriles is 1. The molecule has 3 heteroatoms. The summed E-state index contributed by atoms with van der Waals surface area (Å²) in [5.74, 6) is 0. The molecule has 0 fully saturated rings. The zero-order chi connectivity index (χ0) is 9.36. The third kappa shape index (κ3) is 4.66. The molecule has 0 unspecified atom stereocenters. The molecule has 70 valence electrons. The molecule has 0 radical (unpaired) electrons. The molecular formula is C10H13NOS. The number of rotatable bonds is 6. The molecular weight excluding hydrogens is 182 g/mol. The SMILES string of the molecule is N#CCCCOCCc1cccs1. The van der Waals surface area contributed by atoms with Crippen molar-refractivity contribution in [3.8, 4) is 6.07 Å². The molecule has 0 aromatic carbocycles. The maximum atomic E-state index is 8.27. The van der Waals surface area contributed by atoms with Gasteiger partial charge in [-0.3, -0.25) is 0 Å². The molecule has 0 aliphatic rings. The van der Waals surface area contributed by atoms with Gasteiger partial charge in [0.05, 0.1) is 12.7 Å². The van der Waals surface area contributed by atoms with Gasteiger partial charge in [-0.2, -0.15) is 5.26 Å². The van der Waals surface area contributed by atoms with E-state index in [4.69, 9.17) is 10.00 Å². The van der Waals surface area contributed by atoms with E-state index in [0.29, 0.717) is 13.0 Å². The fraction of sp³-hybridized carbons (Fsp3) is 0.500. The molecule has 2 nitrogen and oxygen atoms in total. The predicted octanol–water partition coefficient (Wildman–Crippen LogP) is 2.61. The van der Waals surface area contributed by atoms with Crippen LogP contribution in [0.2, 0.25) is 0 Å². The summed E-state index contributed by atoms with van der Waals surface area (Å²) in [5.41, 5.74) is 0. The average molecular weight is 195 g/mol. The Kier molecular flexibility index (Phi) is 5.23. The normalized spacial score (nSPS) is 9.77. The van der Waals surface area contributed by atoms with Gasteiger partial charge in [0.25, 0.3) is 0 Å². The molecule has 1 aromatic rings. The topological polar surface area (TPSA) is 33.0 Å². The van der Waals surface area contributed by atoms with Crippen LogP contribution >= 0.6 is 11.3 Å². The summed E-state index contributed by atoms with van der Waals surface area (Å²) in [6, 6.07) is 6.26. The highest BCUT2D eigenvalue weighted by atomic mass is 32.1. The van der Waals surface area contributed by atoms with Gasteiger partial charge in [-0.1, -0.05) is 6.07 Å². The van der Waals surface area contributed by atoms with Gasteiger partial charge in [-0.25, -0.2) is 0 Å². The van der Waals surface area contributed by atoms with E-state index in [2.05, 4.69) is 23.6 Å². The Morgan fingerprint density at radius 3 is 3.08 bits per heavy atom. The molecule has 0 spiro atoms. The highest BCUT2D eigenvalue weighted by Crippen LogP contribution is 2.08. The van der Waals surface area contributed by atoms with Crippen LogP contribution < -0.4 is 0 Å². The highest BCUT2D eigenvalue weighted by Gasteiger charge is 1.93. The third-order valence-electron chi connectivity index (χ3n) is 1.65. The fourth-order valence-corrected chi connectivity index (χ4v) is 1.67. The van der Waals surface area contributed by atoms with Gasteiger partial charge >= 0.3 is 0 Å². The Hall–Kier alpha value is -0.850. The van der Waals surface area contributed by atoms with Crippen molar-refractivity contribution >= 4 is 11.3 Å². The first kappa shape index (κ1) is 10.2. The summed E-state index contributed by atoms with van der Waals surface area (Å²) >= 11 is 1.76. The van der Waals surface area contributed by atoms with Crippen LogP contribution in [0.15, 0.2) is 17.5 Å². The molecule has 0 saturated carbocycles. The van der Waals surface area contributed by atoms with Crippen molar-refractivity contribution in [1.29, 1.82) is 5.26 Å². The van der Waals surface area contributed by atoms with Crippen molar-refractivity contribution < 1.29 is 4.74 Å². The van der Waals surface area contributed by atoms with Crippen LogP contribution in [0, 0.1) is 11.3 Å². The highest BCUT2D eigenvalue weighted by molar-refractivity contribution is 7.09. The first-order valence-corrected chi connectivity index (χ1v) is 5.28. The van der Waals surface area contributed by atoms with Crippen molar-refractivity contribution in [2.45, 2.75) is 19.3 Å². The van der Waals surface area contributed by atoms with Crippen LogP contribution in [0.3, 0.4) is 0 Å². The monoisotopic (exact) mass is 195 g/mol. The summed E-state index contributed by atoms with van der Waals surface area (Å²) in [4.78, 5) is 1.36. The summed E-state index contributed by atoms with van der Waals surface area (Å²) < 4.78 is 5.36. The number of hydrogen-bond acceptors (Lipinski definition) is 3. The van der Waals surface area contributed by atoms with Crippen LogP contribution in [-0.4, -0.2) is 13.2 Å². The average Bonchev–Trinajstić information content (AvgIpc) is 2.63. The lowest BCUT2D eigenvalue weighted by Gasteiger charge is -2.00. The Morgan fingerprint density at radius 1 is 1.46 bits per heavy atom. The van der Waals surface area contributed by atoms with Crippen LogP contribution in [-0.2, 0) is 11.2 Å². The van der Waals surface area contributed by atoms with Crippen LogP contribution in [0.1, 0.15) is 17.7 Å². The van der Waals surface area contributed by atoms with Crippen molar-refractivity contribution in [3.63, 3.8) is 0 Å². The quantitative estimate of drug-likeness (QED) is 0.654. The van der Waals surface area contributed by atoms with Crippen molar-refractivity contribution in [1.82, 2.24) is 0 Å². The third-order valence-corrected chi connectivity index (χ3v) is 2.59. The van der Waals surface area contributed by atoms with E-state index < -0.39 is 0 Å². The van der Waals surface area contributed by atoms with Gasteiger partial charge in [0.2, 0.25) is 0 Å². The van der Waals surface area contributed by atoms with Crippen LogP contribution in [0.5, 0.6) is 0 Å². The van der Waals surface area contributed by atoms with E-state index in [1.54, 1.807) is 11.3 Å². The second-order valence-corrected chi connectivity index (χ2v) is 3.74. The van der Waals surface area contributed by atoms with Gasteiger partial charge in [0.15, 0.2) is 0 Å². The van der Waals surface area contributed by atoms with Gasteiger partial charge in [-0.05, 0) is 17.9 Å². The van der Waals surface area contributed by atoms with Gasteiger partial charge in [-0.15, -0.1) is 11.3 Å². The first-order valence-electron chi connectivity index (χ1n) is 4.40. The Balaban J connectivity index is 1.94. The molecule has 0 aliphatic carbocycles. The Labute approximate surface area is 82.8 Å². The zero-order valence-corrected chi connectivity index (χ0v) is 8.35. The Bertz CT molecular complexity index is 250. The molecule has 0 amide bonds. The summed E-state index contributed by atoms with van der Waals surface area (Å²) in [6.07, 6.45) is 2.43. The number of hydrogen-bond donors (Lipinski definition) is 0. The number of thiophene rings is 1. The van der Waals surface area contributed by atoms with E-state index in [1.165, 1.54) is 4.88 Å². The molecule has 1 aromatic heterocycles. The molecule has 0 aliphatic heterocycles. The molecule has 1 rings (SSSR count). The summed E-state index contributed by atoms with van der Waals surface area (Å²) in [5, 5.41) is 10.3. The van der Waals surface area contributed by atoms with E-state index in [9.17, 15) is 0 Å². The van der Waals surface area contributed by atoms with E-state index in [0.717, 1.165) is 19.4 Å². The van der Waals surface area contributed by atoms with Crippen molar-refractivity contribution in [2.24, 2.45) is 0 Å². The maximum Gasteiger partial charge on any atom is 0.0622 e. The van der Waals surface area contributed by atoms with Crippen LogP contribution in [0.25, 0.3) is 0 Å². The largest absolute Gasteiger partial charge is 0.381 e. The lowest BCUT2D eigenvalue weighted by atomic mass is 10.3. The van der Waals surface area contributed by atoms with Crippen molar-refractivity contribution in [3.05, 3.63) is 22.4 Å². The lowest BCUT2D eigenvalue weighted by molar-refractivity contribution is 0.136. The fourth-order valence-electron chi connectivity index (χ4n) is 0.983. The second-order valence-electron chi connectivity index (χ2n) is 2.70. The molecule has 0 bridgehead atoms. The minimum atomic E-state index is 0.596. The van der Waals surface area contributed by atoms with E-state index in [1.807, 2.05) is 0 Å². The van der Waals surface area contributed by atoms with Gasteiger partial charge in [0.1, 0.15) is 0 Å². The summed E-state index contributed by atoms with van der Waals surface area (Å²) in [6.45, 7) is 1.48. The second kappa shape index (κ2) is 6.64. The first-order chi connectivity index (χ1) is 6.43. The van der Waals surface area contributed by atoms with Gasteiger partial charge in [0, 0.05) is 24.3 Å². The maximum absolute atomic E-state index is 8.27. The molecule has 1 heterocycles. The Morgan fingerprint density at radius 2 is 2.38 bits per heavy atom. The van der Waals surface area contributed by atoms with Gasteiger partial charge < -0.3 is 4.74 Å². The van der Waals surface area contributed by atoms with E-state index in [-0.39, 0.29) is 0 Å². The standard InChI is InChI=1S/C10H13NOS/c11-6-1-2-7-12-8-5-10-4-3-9-13-10/h3-4,9H,1-2,5,7-8H2. The minimum Gasteiger partial charge on any atom is -0.381 e. The molecule has 0 saturated heterocycles. The lowest BCUT2D eigenvalue weighted by Crippen LogP contribution is -1.98. The molecule has 13 heavy (non-hydrogen) atoms. The summed E-state index contributed by atoms with van der Waals surface area (Å²) in [7, 11) is 0. The van der Waals surface area contributed by atoms with Crippen LogP contribution in [0.4, 0.5) is 0 Å². The number of nitrogens with zero attached hydrogens (tertiary/aromatic N) is 1. The number of unbranched alkanes of at least 4 members (excludes halogenated alkanes) is 1. The van der Waals surface area contributed by atoms with E-state index >= 15 is 0 Å². The van der Waals surface area contributed by atoms with Crippen molar-refractivity contribution in [2.75, 3.05) is 13.2 Å². The smallest absolute Gasteiger partial charge is 0.0622 e. The predicted molar refractivity (Wildman–Crippen MR) is 53.7 cm³/mol. The number of ether oxygens (including phenoxy) is 1. The molecule has 0 atom stereocenters. The zero-order valence-electron chi connectivity index (χ0n) is 7.53.